The summed E-state index contributed by atoms with van der Waals surface area (Å²) in [5.41, 5.74) is 1.27. The quantitative estimate of drug-likeness (QED) is 0.903. The molecule has 0 saturated heterocycles. The molecule has 1 aromatic heterocycles. The SMILES string of the molecule is CN(C)C(C)(C)Cn1nnc2c(C(=O)O)cccc21. The van der Waals surface area contributed by atoms with Crippen molar-refractivity contribution in [2.24, 2.45) is 0 Å². The van der Waals surface area contributed by atoms with E-state index in [2.05, 4.69) is 29.1 Å². The Kier molecular flexibility index (Phi) is 3.28. The summed E-state index contributed by atoms with van der Waals surface area (Å²) in [6.07, 6.45) is 0. The number of carboxylic acid groups (broad SMARTS) is 1. The fourth-order valence-corrected chi connectivity index (χ4v) is 1.79. The molecule has 0 bridgehead atoms. The first-order chi connectivity index (χ1) is 8.83. The average Bonchev–Trinajstić information content (AvgIpc) is 2.71. The van der Waals surface area contributed by atoms with E-state index in [4.69, 9.17) is 5.11 Å². The van der Waals surface area contributed by atoms with Crippen LogP contribution in [0.2, 0.25) is 0 Å². The van der Waals surface area contributed by atoms with Crippen LogP contribution in [-0.2, 0) is 6.54 Å². The second kappa shape index (κ2) is 4.62. The summed E-state index contributed by atoms with van der Waals surface area (Å²) in [4.78, 5) is 13.2. The van der Waals surface area contributed by atoms with Crippen LogP contribution in [-0.4, -0.2) is 50.6 Å². The zero-order valence-corrected chi connectivity index (χ0v) is 11.6. The van der Waals surface area contributed by atoms with Gasteiger partial charge in [0.05, 0.1) is 17.6 Å². The number of benzene rings is 1. The standard InChI is InChI=1S/C13H18N4O2/c1-13(2,16(3)4)8-17-10-7-5-6-9(12(18)19)11(10)14-15-17/h5-7H,8H2,1-4H3,(H,18,19). The van der Waals surface area contributed by atoms with Crippen LogP contribution in [0.15, 0.2) is 18.2 Å². The van der Waals surface area contributed by atoms with Gasteiger partial charge >= 0.3 is 5.97 Å². The molecular formula is C13H18N4O2. The van der Waals surface area contributed by atoms with Gasteiger partial charge in [-0.05, 0) is 40.1 Å². The van der Waals surface area contributed by atoms with Crippen LogP contribution < -0.4 is 0 Å². The molecule has 6 heteroatoms. The third-order valence-electron chi connectivity index (χ3n) is 3.52. The first-order valence-electron chi connectivity index (χ1n) is 6.06. The lowest BCUT2D eigenvalue weighted by molar-refractivity contribution is 0.0699. The number of fused-ring (bicyclic) bond motifs is 1. The highest BCUT2D eigenvalue weighted by molar-refractivity contribution is 6.00. The fraction of sp³-hybridized carbons (Fsp3) is 0.462. The zero-order valence-electron chi connectivity index (χ0n) is 11.6. The smallest absolute Gasteiger partial charge is 0.338 e. The van der Waals surface area contributed by atoms with Gasteiger partial charge in [0.25, 0.3) is 0 Å². The van der Waals surface area contributed by atoms with Crippen molar-refractivity contribution in [2.75, 3.05) is 14.1 Å². The Bertz CT molecular complexity index is 616. The Hall–Kier alpha value is -1.95. The van der Waals surface area contributed by atoms with E-state index in [1.807, 2.05) is 20.2 Å². The van der Waals surface area contributed by atoms with Crippen molar-refractivity contribution >= 4 is 17.0 Å². The molecule has 0 aliphatic rings. The molecule has 0 aliphatic carbocycles. The number of carboxylic acids is 1. The minimum Gasteiger partial charge on any atom is -0.478 e. The van der Waals surface area contributed by atoms with E-state index in [0.29, 0.717) is 12.1 Å². The molecule has 0 fully saturated rings. The van der Waals surface area contributed by atoms with Gasteiger partial charge in [-0.25, -0.2) is 9.48 Å². The van der Waals surface area contributed by atoms with E-state index < -0.39 is 5.97 Å². The van der Waals surface area contributed by atoms with E-state index in [-0.39, 0.29) is 11.1 Å². The maximum Gasteiger partial charge on any atom is 0.338 e. The van der Waals surface area contributed by atoms with Gasteiger partial charge in [-0.3, -0.25) is 0 Å². The lowest BCUT2D eigenvalue weighted by Crippen LogP contribution is -2.42. The van der Waals surface area contributed by atoms with Crippen LogP contribution in [0.25, 0.3) is 11.0 Å². The van der Waals surface area contributed by atoms with Gasteiger partial charge in [-0.15, -0.1) is 5.10 Å². The van der Waals surface area contributed by atoms with E-state index in [0.717, 1.165) is 5.52 Å². The molecule has 6 nitrogen and oxygen atoms in total. The van der Waals surface area contributed by atoms with Crippen molar-refractivity contribution < 1.29 is 9.90 Å². The number of aromatic carboxylic acids is 1. The largest absolute Gasteiger partial charge is 0.478 e. The summed E-state index contributed by atoms with van der Waals surface area (Å²) < 4.78 is 1.75. The van der Waals surface area contributed by atoms with E-state index >= 15 is 0 Å². The Labute approximate surface area is 111 Å². The number of hydrogen-bond acceptors (Lipinski definition) is 4. The Morgan fingerprint density at radius 2 is 2.11 bits per heavy atom. The molecule has 0 radical (unpaired) electrons. The van der Waals surface area contributed by atoms with Crippen LogP contribution >= 0.6 is 0 Å². The topological polar surface area (TPSA) is 71.2 Å². The van der Waals surface area contributed by atoms with Crippen LogP contribution in [0, 0.1) is 0 Å². The van der Waals surface area contributed by atoms with Crippen molar-refractivity contribution in [3.8, 4) is 0 Å². The second-order valence-corrected chi connectivity index (χ2v) is 5.43. The lowest BCUT2D eigenvalue weighted by atomic mass is 10.0. The van der Waals surface area contributed by atoms with Crippen LogP contribution in [0.4, 0.5) is 0 Å². The van der Waals surface area contributed by atoms with Gasteiger partial charge in [0.15, 0.2) is 0 Å². The molecule has 1 N–H and O–H groups in total. The molecule has 0 spiro atoms. The highest BCUT2D eigenvalue weighted by Crippen LogP contribution is 2.19. The molecule has 0 unspecified atom stereocenters. The van der Waals surface area contributed by atoms with Gasteiger partial charge in [0, 0.05) is 5.54 Å². The van der Waals surface area contributed by atoms with Gasteiger partial charge in [-0.2, -0.15) is 0 Å². The molecule has 0 atom stereocenters. The van der Waals surface area contributed by atoms with Gasteiger partial charge in [0.1, 0.15) is 5.52 Å². The highest BCUT2D eigenvalue weighted by Gasteiger charge is 2.23. The summed E-state index contributed by atoms with van der Waals surface area (Å²) in [5.74, 6) is -0.982. The fourth-order valence-electron chi connectivity index (χ4n) is 1.79. The Balaban J connectivity index is 2.47. The predicted octanol–water partition coefficient (Wildman–Crippen LogP) is 1.47. The number of carbonyl (C=O) groups is 1. The maximum atomic E-state index is 11.1. The molecule has 102 valence electrons. The molecular weight excluding hydrogens is 244 g/mol. The van der Waals surface area contributed by atoms with Crippen LogP contribution in [0.5, 0.6) is 0 Å². The second-order valence-electron chi connectivity index (χ2n) is 5.43. The van der Waals surface area contributed by atoms with Gasteiger partial charge in [0.2, 0.25) is 0 Å². The van der Waals surface area contributed by atoms with Crippen molar-refractivity contribution in [1.82, 2.24) is 19.9 Å². The van der Waals surface area contributed by atoms with Crippen molar-refractivity contribution in [3.63, 3.8) is 0 Å². The first kappa shape index (κ1) is 13.5. The number of hydrogen-bond donors (Lipinski definition) is 1. The monoisotopic (exact) mass is 262 g/mol. The normalized spacial score (nSPS) is 12.3. The van der Waals surface area contributed by atoms with E-state index in [1.54, 1.807) is 16.8 Å². The van der Waals surface area contributed by atoms with Crippen molar-refractivity contribution in [2.45, 2.75) is 25.9 Å². The minimum absolute atomic E-state index is 0.0974. The van der Waals surface area contributed by atoms with Crippen molar-refractivity contribution in [1.29, 1.82) is 0 Å². The number of nitrogens with zero attached hydrogens (tertiary/aromatic N) is 4. The maximum absolute atomic E-state index is 11.1. The molecule has 0 saturated carbocycles. The molecule has 1 heterocycles. The predicted molar refractivity (Wildman–Crippen MR) is 72.3 cm³/mol. The van der Waals surface area contributed by atoms with Crippen LogP contribution in [0.3, 0.4) is 0 Å². The summed E-state index contributed by atoms with van der Waals surface area (Å²) >= 11 is 0. The third kappa shape index (κ3) is 2.44. The molecule has 0 amide bonds. The average molecular weight is 262 g/mol. The first-order valence-corrected chi connectivity index (χ1v) is 6.06. The van der Waals surface area contributed by atoms with Crippen LogP contribution in [0.1, 0.15) is 24.2 Å². The number of likely N-dealkylation sites (N-methyl/N-ethyl adjacent to an activating group) is 1. The summed E-state index contributed by atoms with van der Waals surface area (Å²) in [6, 6.07) is 5.10. The summed E-state index contributed by atoms with van der Waals surface area (Å²) in [7, 11) is 4.00. The minimum atomic E-state index is -0.982. The van der Waals surface area contributed by atoms with Crippen molar-refractivity contribution in [3.05, 3.63) is 23.8 Å². The van der Waals surface area contributed by atoms with Gasteiger partial charge < -0.3 is 10.0 Å². The van der Waals surface area contributed by atoms with E-state index in [1.165, 1.54) is 0 Å². The molecule has 1 aromatic carbocycles. The molecule has 0 aliphatic heterocycles. The van der Waals surface area contributed by atoms with Gasteiger partial charge in [-0.1, -0.05) is 11.3 Å². The molecule has 19 heavy (non-hydrogen) atoms. The third-order valence-corrected chi connectivity index (χ3v) is 3.52. The number of aromatic nitrogens is 3. The molecule has 2 aromatic rings. The molecule has 2 rings (SSSR count). The van der Waals surface area contributed by atoms with E-state index in [9.17, 15) is 4.79 Å². The number of rotatable bonds is 4. The highest BCUT2D eigenvalue weighted by atomic mass is 16.4. The Morgan fingerprint density at radius 1 is 1.42 bits per heavy atom. The Morgan fingerprint density at radius 3 is 2.68 bits per heavy atom. The zero-order chi connectivity index (χ0) is 14.2. The lowest BCUT2D eigenvalue weighted by Gasteiger charge is -2.32. The summed E-state index contributed by atoms with van der Waals surface area (Å²) in [6.45, 7) is 4.84. The summed E-state index contributed by atoms with van der Waals surface area (Å²) in [5, 5.41) is 17.2.